The summed E-state index contributed by atoms with van der Waals surface area (Å²) in [6.07, 6.45) is 3.73. The minimum absolute atomic E-state index is 0.188. The summed E-state index contributed by atoms with van der Waals surface area (Å²) in [6.45, 7) is 9.85. The van der Waals surface area contributed by atoms with E-state index in [1.165, 1.54) is 7.11 Å². The number of hydrogen-bond acceptors (Lipinski definition) is 13. The van der Waals surface area contributed by atoms with Crippen molar-refractivity contribution in [1.82, 2.24) is 44.9 Å². The summed E-state index contributed by atoms with van der Waals surface area (Å²) >= 11 is 0. The molecule has 4 amide bonds. The maximum Gasteiger partial charge on any atom is 0.276 e. The highest BCUT2D eigenvalue weighted by Crippen LogP contribution is 2.45. The molecule has 1 aliphatic heterocycles. The first-order chi connectivity index (χ1) is 29.2. The van der Waals surface area contributed by atoms with Gasteiger partial charge < -0.3 is 40.6 Å². The number of methoxy groups -OCH3 is 1. The fourth-order valence-electron chi connectivity index (χ4n) is 7.29. The third kappa shape index (κ3) is 9.14. The van der Waals surface area contributed by atoms with Crippen molar-refractivity contribution in [3.8, 4) is 11.5 Å². The number of benzene rings is 2. The Bertz CT molecular complexity index is 2490. The van der Waals surface area contributed by atoms with Gasteiger partial charge in [0.1, 0.15) is 34.1 Å². The number of aryl methyl sites for hydroxylation is 4. The predicted molar refractivity (Wildman–Crippen MR) is 231 cm³/mol. The highest BCUT2D eigenvalue weighted by molar-refractivity contribution is 6.04. The van der Waals surface area contributed by atoms with Gasteiger partial charge in [0.05, 0.1) is 36.3 Å². The molecule has 324 valence electrons. The van der Waals surface area contributed by atoms with E-state index in [1.807, 2.05) is 68.8 Å². The molecule has 0 saturated heterocycles. The number of anilines is 3. The first-order valence-corrected chi connectivity index (χ1v) is 19.9. The molecular weight excluding hydrogens is 785 g/mol. The topological polar surface area (TPSA) is 238 Å². The van der Waals surface area contributed by atoms with Gasteiger partial charge in [0, 0.05) is 57.9 Å². The summed E-state index contributed by atoms with van der Waals surface area (Å²) in [5, 5.41) is 16.9. The van der Waals surface area contributed by atoms with E-state index in [9.17, 15) is 19.2 Å². The van der Waals surface area contributed by atoms with Gasteiger partial charge in [-0.3, -0.25) is 39.3 Å². The number of rotatable bonds is 19. The number of nitrogens with zero attached hydrogens (tertiary/aromatic N) is 9. The Labute approximate surface area is 353 Å². The first-order valence-electron chi connectivity index (χ1n) is 19.9. The molecule has 1 unspecified atom stereocenters. The van der Waals surface area contributed by atoms with E-state index >= 15 is 0 Å². The molecule has 2 aromatic carbocycles. The van der Waals surface area contributed by atoms with Crippen LogP contribution < -0.4 is 46.8 Å². The van der Waals surface area contributed by atoms with Gasteiger partial charge in [0.2, 0.25) is 17.8 Å². The summed E-state index contributed by atoms with van der Waals surface area (Å²) in [5.41, 5.74) is 19.3. The van der Waals surface area contributed by atoms with Gasteiger partial charge in [-0.15, -0.1) is 0 Å². The molecule has 4 heterocycles. The van der Waals surface area contributed by atoms with Crippen molar-refractivity contribution in [3.63, 3.8) is 0 Å². The fraction of sp³-hybridized carbons (Fsp3) is 0.390. The molecule has 20 heteroatoms. The van der Waals surface area contributed by atoms with Crippen LogP contribution in [0.15, 0.2) is 48.6 Å². The van der Waals surface area contributed by atoms with Gasteiger partial charge in [0.15, 0.2) is 6.29 Å². The normalized spacial score (nSPS) is 13.7. The van der Waals surface area contributed by atoms with E-state index in [1.54, 1.807) is 57.4 Å². The van der Waals surface area contributed by atoms with Crippen molar-refractivity contribution < 1.29 is 28.7 Å². The van der Waals surface area contributed by atoms with Crippen LogP contribution in [0.2, 0.25) is 0 Å². The Hall–Kier alpha value is -6.93. The zero-order chi connectivity index (χ0) is 44.1. The first kappa shape index (κ1) is 43.6. The molecule has 1 aliphatic rings. The minimum Gasteiger partial charge on any atom is -0.494 e. The maximum atomic E-state index is 13.8. The lowest BCUT2D eigenvalue weighted by molar-refractivity contribution is 0.0924. The molecule has 7 N–H and O–H groups in total. The predicted octanol–water partition coefficient (Wildman–Crippen LogP) is 2.61. The van der Waals surface area contributed by atoms with Gasteiger partial charge >= 0.3 is 0 Å². The second kappa shape index (κ2) is 18.6. The third-order valence-electron chi connectivity index (χ3n) is 10.4. The smallest absolute Gasteiger partial charge is 0.276 e. The molecule has 0 fully saturated rings. The molecule has 0 radical (unpaired) electrons. The molecule has 61 heavy (non-hydrogen) atoms. The van der Waals surface area contributed by atoms with Crippen LogP contribution in [-0.2, 0) is 19.6 Å². The van der Waals surface area contributed by atoms with Crippen LogP contribution in [0, 0.1) is 13.8 Å². The number of hydrogen-bond donors (Lipinski definition) is 5. The van der Waals surface area contributed by atoms with E-state index in [2.05, 4.69) is 26.3 Å². The molecule has 1 atom stereocenters. The Kier molecular flexibility index (Phi) is 13.3. The standard InChI is InChI=1S/C41H54N14O6/c1-9-54-30(18-24(3)48-54)38(58)46-40-45-28-20-26(36(42)56)23-33(61-17-13-14-50(6)44-5)34(28)52(40)15-11-12-16-53-35-29(21-27(37(43)57)22-32(35)60-8)51(7)41(53)47-39(59)31-19-25(4)49-55(31)10-2/h11-12,18-23,41,44H,9-10,13-17H2,1-8H3,(H2,42,56)(H2,43,57)(H,47,59)(H,45,46,58)/b12-11+. The zero-order valence-electron chi connectivity index (χ0n) is 35.8. The summed E-state index contributed by atoms with van der Waals surface area (Å²) < 4.78 is 17.1. The SMILES string of the molecule is CCn1nc(C)cc1C(=O)Nc1nc2cc(C(N)=O)cc(OCCCN(C)NC)c2n1C/C=C/CN1c2c(OC)cc(C(N)=O)cc2N(C)C1NC(=O)c1cc(C)nn1CC. The molecule has 5 aromatic rings. The fourth-order valence-corrected chi connectivity index (χ4v) is 7.29. The van der Waals surface area contributed by atoms with Crippen LogP contribution in [0.3, 0.4) is 0 Å². The van der Waals surface area contributed by atoms with Crippen LogP contribution in [0.5, 0.6) is 11.5 Å². The molecule has 6 rings (SSSR count). The van der Waals surface area contributed by atoms with Crippen molar-refractivity contribution in [3.05, 3.63) is 82.5 Å². The largest absolute Gasteiger partial charge is 0.494 e. The third-order valence-corrected chi connectivity index (χ3v) is 10.4. The Morgan fingerprint density at radius 1 is 0.869 bits per heavy atom. The number of amides is 4. The minimum atomic E-state index is -0.727. The summed E-state index contributed by atoms with van der Waals surface area (Å²) in [7, 11) is 7.05. The maximum absolute atomic E-state index is 13.8. The highest BCUT2D eigenvalue weighted by atomic mass is 16.5. The van der Waals surface area contributed by atoms with Gasteiger partial charge in [0.25, 0.3) is 11.8 Å². The van der Waals surface area contributed by atoms with Crippen molar-refractivity contribution in [2.75, 3.05) is 63.1 Å². The number of fused-ring (bicyclic) bond motifs is 2. The monoisotopic (exact) mass is 838 g/mol. The van der Waals surface area contributed by atoms with Crippen LogP contribution in [0.25, 0.3) is 11.0 Å². The molecule has 20 nitrogen and oxygen atoms in total. The van der Waals surface area contributed by atoms with Gasteiger partial charge in [-0.25, -0.2) is 9.99 Å². The van der Waals surface area contributed by atoms with Gasteiger partial charge in [-0.2, -0.15) is 10.2 Å². The average Bonchev–Trinajstić information content (AvgIpc) is 3.99. The van der Waals surface area contributed by atoms with Crippen LogP contribution in [-0.4, -0.2) is 112 Å². The quantitative estimate of drug-likeness (QED) is 0.0458. The lowest BCUT2D eigenvalue weighted by Crippen LogP contribution is -2.54. The van der Waals surface area contributed by atoms with Gasteiger partial charge in [-0.1, -0.05) is 12.2 Å². The van der Waals surface area contributed by atoms with Crippen molar-refractivity contribution in [1.29, 1.82) is 0 Å². The number of imidazole rings is 1. The van der Waals surface area contributed by atoms with E-state index in [4.69, 9.17) is 25.9 Å². The Balaban J connectivity index is 1.38. The van der Waals surface area contributed by atoms with E-state index in [0.717, 1.165) is 0 Å². The number of hydrazine groups is 1. The number of ether oxygens (including phenoxy) is 2. The number of carbonyl (C=O) groups excluding carboxylic acids is 4. The molecule has 0 saturated carbocycles. The number of aromatic nitrogens is 6. The van der Waals surface area contributed by atoms with Crippen LogP contribution in [0.1, 0.15) is 73.3 Å². The Morgan fingerprint density at radius 2 is 1.48 bits per heavy atom. The van der Waals surface area contributed by atoms with E-state index in [-0.39, 0.29) is 36.1 Å². The number of allylic oxidation sites excluding steroid dienone is 1. The summed E-state index contributed by atoms with van der Waals surface area (Å²) in [4.78, 5) is 61.0. The number of carbonyl (C=O) groups is 4. The molecule has 0 spiro atoms. The molecular formula is C41H54N14O6. The zero-order valence-corrected chi connectivity index (χ0v) is 35.8. The summed E-state index contributed by atoms with van der Waals surface area (Å²) in [5.74, 6) is -1.10. The Morgan fingerprint density at radius 3 is 2.08 bits per heavy atom. The second-order valence-corrected chi connectivity index (χ2v) is 14.5. The molecule has 0 bridgehead atoms. The number of nitrogens with one attached hydrogen (secondary N) is 3. The number of primary amides is 2. The lowest BCUT2D eigenvalue weighted by atomic mass is 10.1. The van der Waals surface area contributed by atoms with Crippen molar-refractivity contribution in [2.24, 2.45) is 11.5 Å². The summed E-state index contributed by atoms with van der Waals surface area (Å²) in [6, 6.07) is 9.82. The van der Waals surface area contributed by atoms with Crippen molar-refractivity contribution in [2.45, 2.75) is 60.0 Å². The van der Waals surface area contributed by atoms with E-state index < -0.39 is 24.0 Å². The van der Waals surface area contributed by atoms with Gasteiger partial charge in [-0.05, 0) is 77.6 Å². The molecule has 0 aliphatic carbocycles. The van der Waals surface area contributed by atoms with Crippen LogP contribution >= 0.6 is 0 Å². The average molecular weight is 839 g/mol. The van der Waals surface area contributed by atoms with Crippen LogP contribution in [0.4, 0.5) is 17.3 Å². The van der Waals surface area contributed by atoms with E-state index in [0.29, 0.717) is 89.3 Å². The molecule has 3 aromatic heterocycles. The van der Waals surface area contributed by atoms with Crippen molar-refractivity contribution >= 4 is 52.0 Å². The lowest BCUT2D eigenvalue weighted by Gasteiger charge is -2.31. The highest BCUT2D eigenvalue weighted by Gasteiger charge is 2.38. The number of nitrogens with two attached hydrogens (primary N) is 2. The second-order valence-electron chi connectivity index (χ2n) is 14.5.